The van der Waals surface area contributed by atoms with E-state index < -0.39 is 10.0 Å². The SMILES string of the molecule is CCOCCCn1c(SCc2ccc(CC)cc2)nc2cc(S(=O)(=O)N3CCOCC3)ccc21. The molecule has 0 aliphatic carbocycles. The maximum Gasteiger partial charge on any atom is 0.243 e. The van der Waals surface area contributed by atoms with Gasteiger partial charge in [-0.1, -0.05) is 43.0 Å². The molecule has 1 aliphatic heterocycles. The third-order valence-electron chi connectivity index (χ3n) is 5.97. The zero-order valence-corrected chi connectivity index (χ0v) is 21.5. The first-order valence-corrected chi connectivity index (χ1v) is 14.3. The van der Waals surface area contributed by atoms with Crippen LogP contribution in [0, 0.1) is 0 Å². The number of hydrogen-bond acceptors (Lipinski definition) is 6. The highest BCUT2D eigenvalue weighted by Crippen LogP contribution is 2.29. The largest absolute Gasteiger partial charge is 0.382 e. The summed E-state index contributed by atoms with van der Waals surface area (Å²) in [6, 6.07) is 14.0. The van der Waals surface area contributed by atoms with Crippen molar-refractivity contribution in [3.8, 4) is 0 Å². The van der Waals surface area contributed by atoms with Crippen LogP contribution in [0.1, 0.15) is 31.4 Å². The van der Waals surface area contributed by atoms with Crippen molar-refractivity contribution in [2.24, 2.45) is 0 Å². The summed E-state index contributed by atoms with van der Waals surface area (Å²) in [7, 11) is -3.57. The van der Waals surface area contributed by atoms with Crippen LogP contribution in [0.3, 0.4) is 0 Å². The highest BCUT2D eigenvalue weighted by molar-refractivity contribution is 7.98. The van der Waals surface area contributed by atoms with Crippen molar-refractivity contribution in [2.45, 2.75) is 49.0 Å². The molecule has 1 aromatic heterocycles. The molecular weight excluding hydrogens is 470 g/mol. The maximum atomic E-state index is 13.1. The Morgan fingerprint density at radius 2 is 1.79 bits per heavy atom. The van der Waals surface area contributed by atoms with Gasteiger partial charge in [0.05, 0.1) is 29.1 Å². The van der Waals surface area contributed by atoms with Gasteiger partial charge in [-0.2, -0.15) is 4.31 Å². The van der Waals surface area contributed by atoms with E-state index in [1.807, 2.05) is 13.0 Å². The van der Waals surface area contributed by atoms with Crippen molar-refractivity contribution in [3.63, 3.8) is 0 Å². The lowest BCUT2D eigenvalue weighted by Crippen LogP contribution is -2.40. The molecule has 2 heterocycles. The Hall–Kier alpha value is -1.91. The minimum atomic E-state index is -3.57. The van der Waals surface area contributed by atoms with E-state index in [1.165, 1.54) is 15.4 Å². The van der Waals surface area contributed by atoms with Crippen molar-refractivity contribution in [2.75, 3.05) is 39.5 Å². The predicted molar refractivity (Wildman–Crippen MR) is 136 cm³/mol. The van der Waals surface area contributed by atoms with Crippen molar-refractivity contribution in [1.29, 1.82) is 0 Å². The minimum absolute atomic E-state index is 0.285. The van der Waals surface area contributed by atoms with E-state index in [0.717, 1.165) is 35.8 Å². The van der Waals surface area contributed by atoms with Gasteiger partial charge < -0.3 is 14.0 Å². The number of rotatable bonds is 11. The van der Waals surface area contributed by atoms with Gasteiger partial charge in [0.15, 0.2) is 5.16 Å². The topological polar surface area (TPSA) is 73.7 Å². The number of imidazole rings is 1. The van der Waals surface area contributed by atoms with Gasteiger partial charge in [-0.05, 0) is 49.1 Å². The fourth-order valence-corrected chi connectivity index (χ4v) is 6.42. The van der Waals surface area contributed by atoms with Gasteiger partial charge in [0.1, 0.15) is 0 Å². The number of aromatic nitrogens is 2. The Balaban J connectivity index is 1.60. The molecule has 0 atom stereocenters. The molecule has 3 aromatic rings. The van der Waals surface area contributed by atoms with E-state index in [9.17, 15) is 8.42 Å². The first-order valence-electron chi connectivity index (χ1n) is 11.9. The van der Waals surface area contributed by atoms with Crippen LogP contribution in [0.15, 0.2) is 52.5 Å². The Labute approximate surface area is 206 Å². The number of morpholine rings is 1. The molecule has 0 spiro atoms. The highest BCUT2D eigenvalue weighted by atomic mass is 32.2. The molecule has 1 aliphatic rings. The third-order valence-corrected chi connectivity index (χ3v) is 8.91. The average molecular weight is 504 g/mol. The van der Waals surface area contributed by atoms with E-state index in [4.69, 9.17) is 14.5 Å². The minimum Gasteiger partial charge on any atom is -0.382 e. The maximum absolute atomic E-state index is 13.1. The molecule has 9 heteroatoms. The molecular formula is C25H33N3O4S2. The number of thioether (sulfide) groups is 1. The number of ether oxygens (including phenoxy) is 2. The van der Waals surface area contributed by atoms with E-state index in [1.54, 1.807) is 23.9 Å². The predicted octanol–water partition coefficient (Wildman–Crippen LogP) is 4.34. The molecule has 1 saturated heterocycles. The average Bonchev–Trinajstić information content (AvgIpc) is 3.22. The van der Waals surface area contributed by atoms with E-state index in [-0.39, 0.29) is 4.90 Å². The molecule has 1 fully saturated rings. The van der Waals surface area contributed by atoms with Gasteiger partial charge in [0, 0.05) is 38.6 Å². The van der Waals surface area contributed by atoms with Crippen molar-refractivity contribution in [1.82, 2.24) is 13.9 Å². The van der Waals surface area contributed by atoms with Crippen LogP contribution in [0.25, 0.3) is 11.0 Å². The Bertz CT molecular complexity index is 1190. The lowest BCUT2D eigenvalue weighted by Gasteiger charge is -2.26. The molecule has 7 nitrogen and oxygen atoms in total. The smallest absolute Gasteiger partial charge is 0.243 e. The summed E-state index contributed by atoms with van der Waals surface area (Å²) in [5.74, 6) is 0.803. The van der Waals surface area contributed by atoms with Crippen LogP contribution in [-0.2, 0) is 38.2 Å². The summed E-state index contributed by atoms with van der Waals surface area (Å²) in [5, 5.41) is 0.895. The lowest BCUT2D eigenvalue weighted by atomic mass is 10.1. The second kappa shape index (κ2) is 11.7. The molecule has 0 saturated carbocycles. The number of nitrogens with zero attached hydrogens (tertiary/aromatic N) is 3. The second-order valence-corrected chi connectivity index (χ2v) is 11.1. The summed E-state index contributed by atoms with van der Waals surface area (Å²) in [6.45, 7) is 7.91. The Morgan fingerprint density at radius 3 is 2.50 bits per heavy atom. The monoisotopic (exact) mass is 503 g/mol. The molecule has 0 radical (unpaired) electrons. The van der Waals surface area contributed by atoms with E-state index >= 15 is 0 Å². The van der Waals surface area contributed by atoms with Crippen LogP contribution in [0.4, 0.5) is 0 Å². The molecule has 4 rings (SSSR count). The number of hydrogen-bond donors (Lipinski definition) is 0. The highest BCUT2D eigenvalue weighted by Gasteiger charge is 2.27. The number of sulfonamides is 1. The van der Waals surface area contributed by atoms with E-state index in [0.29, 0.717) is 45.0 Å². The first-order chi connectivity index (χ1) is 16.5. The van der Waals surface area contributed by atoms with Crippen molar-refractivity contribution < 1.29 is 17.9 Å². The summed E-state index contributed by atoms with van der Waals surface area (Å²) >= 11 is 1.68. The van der Waals surface area contributed by atoms with Crippen LogP contribution in [-0.4, -0.2) is 61.8 Å². The van der Waals surface area contributed by atoms with E-state index in [2.05, 4.69) is 35.8 Å². The van der Waals surface area contributed by atoms with Gasteiger partial charge in [0.25, 0.3) is 0 Å². The number of fused-ring (bicyclic) bond motifs is 1. The normalized spacial score (nSPS) is 15.2. The van der Waals surface area contributed by atoms with Crippen molar-refractivity contribution >= 4 is 32.8 Å². The quantitative estimate of drug-likeness (QED) is 0.286. The van der Waals surface area contributed by atoms with Gasteiger partial charge in [-0.3, -0.25) is 0 Å². The molecule has 34 heavy (non-hydrogen) atoms. The first kappa shape index (κ1) is 25.2. The molecule has 0 bridgehead atoms. The number of benzene rings is 2. The van der Waals surface area contributed by atoms with Crippen molar-refractivity contribution in [3.05, 3.63) is 53.6 Å². The standard InChI is InChI=1S/C25H33N3O4S2/c1-3-20-6-8-21(9-7-20)19-33-25-26-23-18-22(34(29,30)27-13-16-32-17-14-27)10-11-24(23)28(25)12-5-15-31-4-2/h6-11,18H,3-5,12-17,19H2,1-2H3. The Morgan fingerprint density at radius 1 is 1.06 bits per heavy atom. The third kappa shape index (κ3) is 5.83. The van der Waals surface area contributed by atoms with Gasteiger partial charge >= 0.3 is 0 Å². The summed E-state index contributed by atoms with van der Waals surface area (Å²) in [4.78, 5) is 5.14. The van der Waals surface area contributed by atoms with Gasteiger partial charge in [-0.15, -0.1) is 0 Å². The van der Waals surface area contributed by atoms with Crippen LogP contribution < -0.4 is 0 Å². The zero-order valence-electron chi connectivity index (χ0n) is 19.9. The lowest BCUT2D eigenvalue weighted by molar-refractivity contribution is 0.0730. The molecule has 2 aromatic carbocycles. The molecule has 184 valence electrons. The molecule has 0 amide bonds. The summed E-state index contributed by atoms with van der Waals surface area (Å²) in [6.07, 6.45) is 1.89. The number of aryl methyl sites for hydroxylation is 2. The molecule has 0 unspecified atom stereocenters. The second-order valence-electron chi connectivity index (χ2n) is 8.22. The molecule has 0 N–H and O–H groups in total. The van der Waals surface area contributed by atoms with Crippen LogP contribution in [0.5, 0.6) is 0 Å². The van der Waals surface area contributed by atoms with Gasteiger partial charge in [0.2, 0.25) is 10.0 Å². The Kier molecular flexibility index (Phi) is 8.65. The fraction of sp³-hybridized carbons (Fsp3) is 0.480. The summed E-state index contributed by atoms with van der Waals surface area (Å²) < 4.78 is 40.8. The van der Waals surface area contributed by atoms with Crippen LogP contribution >= 0.6 is 11.8 Å². The summed E-state index contributed by atoms with van der Waals surface area (Å²) in [5.41, 5.74) is 4.22. The van der Waals surface area contributed by atoms with Crippen LogP contribution in [0.2, 0.25) is 0 Å². The van der Waals surface area contributed by atoms with Gasteiger partial charge in [-0.25, -0.2) is 13.4 Å². The zero-order chi connectivity index (χ0) is 24.0. The fourth-order valence-electron chi connectivity index (χ4n) is 4.00.